The molecule has 1 aliphatic rings. The minimum atomic E-state index is -3.88. The third kappa shape index (κ3) is 3.87. The van der Waals surface area contributed by atoms with E-state index in [0.29, 0.717) is 23.7 Å². The summed E-state index contributed by atoms with van der Waals surface area (Å²) < 4.78 is 32.4. The lowest BCUT2D eigenvalue weighted by Crippen LogP contribution is -2.34. The number of carbonyl (C=O) groups is 1. The van der Waals surface area contributed by atoms with E-state index in [1.54, 1.807) is 13.8 Å². The fourth-order valence-electron chi connectivity index (χ4n) is 2.42. The maximum Gasteiger partial charge on any atom is 0.264 e. The molecule has 6 heteroatoms. The van der Waals surface area contributed by atoms with Crippen molar-refractivity contribution >= 4 is 15.9 Å². The van der Waals surface area contributed by atoms with E-state index < -0.39 is 15.9 Å². The van der Waals surface area contributed by atoms with E-state index >= 15 is 0 Å². The van der Waals surface area contributed by atoms with Crippen molar-refractivity contribution in [1.82, 2.24) is 4.72 Å². The lowest BCUT2D eigenvalue weighted by Gasteiger charge is -2.16. The normalized spacial score (nSPS) is 14.9. The first kappa shape index (κ1) is 17.0. The van der Waals surface area contributed by atoms with E-state index in [0.717, 1.165) is 24.0 Å². The lowest BCUT2D eigenvalue weighted by molar-refractivity contribution is -0.124. The van der Waals surface area contributed by atoms with Crippen molar-refractivity contribution in [3.63, 3.8) is 0 Å². The molecule has 1 amide bonds. The molecular weight excluding hydrogens is 302 g/mol. The van der Waals surface area contributed by atoms with Crippen LogP contribution in [0.1, 0.15) is 35.1 Å². The van der Waals surface area contributed by atoms with Crippen LogP contribution in [0.3, 0.4) is 0 Å². The molecule has 0 saturated heterocycles. The first-order valence-electron chi connectivity index (χ1n) is 7.43. The van der Waals surface area contributed by atoms with Crippen LogP contribution in [0.2, 0.25) is 0 Å². The maximum atomic E-state index is 12.5. The second-order valence-corrected chi connectivity index (χ2v) is 7.70. The molecule has 122 valence electrons. The van der Waals surface area contributed by atoms with Gasteiger partial charge < -0.3 is 4.74 Å². The number of carbonyl (C=O) groups excluding carboxylic acids is 1. The molecule has 1 aromatic rings. The van der Waals surface area contributed by atoms with Gasteiger partial charge in [-0.15, -0.1) is 0 Å². The molecule has 0 unspecified atom stereocenters. The number of rotatable bonds is 6. The minimum Gasteiger partial charge on any atom is -0.371 e. The molecule has 0 aromatic heterocycles. The van der Waals surface area contributed by atoms with Crippen LogP contribution in [0.4, 0.5) is 0 Å². The van der Waals surface area contributed by atoms with E-state index in [9.17, 15) is 13.2 Å². The van der Waals surface area contributed by atoms with Gasteiger partial charge in [0.2, 0.25) is 0 Å². The fourth-order valence-corrected chi connectivity index (χ4v) is 4.01. The van der Waals surface area contributed by atoms with Crippen molar-refractivity contribution in [1.29, 1.82) is 0 Å². The van der Waals surface area contributed by atoms with E-state index in [4.69, 9.17) is 4.74 Å². The van der Waals surface area contributed by atoms with Gasteiger partial charge in [0.05, 0.1) is 11.5 Å². The number of ether oxygens (including phenoxy) is 1. The number of nitrogens with one attached hydrogen (secondary N) is 1. The molecular formula is C16H23NO4S. The summed E-state index contributed by atoms with van der Waals surface area (Å²) in [5.41, 5.74) is 3.12. The molecule has 0 radical (unpaired) electrons. The Morgan fingerprint density at radius 1 is 1.18 bits per heavy atom. The van der Waals surface area contributed by atoms with Crippen LogP contribution in [0, 0.1) is 33.6 Å². The number of aryl methyl sites for hydroxylation is 2. The SMILES string of the molecule is Cc1cc(C)c(C)c(S(=O)(=O)NC(=O)COCC2CC2)c1C. The summed E-state index contributed by atoms with van der Waals surface area (Å²) in [5, 5.41) is 0. The molecule has 0 bridgehead atoms. The van der Waals surface area contributed by atoms with Gasteiger partial charge >= 0.3 is 0 Å². The second-order valence-electron chi connectivity index (χ2n) is 6.08. The first-order valence-corrected chi connectivity index (χ1v) is 8.91. The predicted molar refractivity (Wildman–Crippen MR) is 84.3 cm³/mol. The molecule has 0 heterocycles. The average molecular weight is 325 g/mol. The summed E-state index contributed by atoms with van der Waals surface area (Å²) in [4.78, 5) is 12.0. The molecule has 1 aromatic carbocycles. The van der Waals surface area contributed by atoms with Crippen LogP contribution in [0.5, 0.6) is 0 Å². The Bertz CT molecular complexity index is 664. The van der Waals surface area contributed by atoms with E-state index in [1.807, 2.05) is 19.9 Å². The summed E-state index contributed by atoms with van der Waals surface area (Å²) in [6.45, 7) is 7.53. The van der Waals surface area contributed by atoms with Gasteiger partial charge in [0.25, 0.3) is 15.9 Å². The number of sulfonamides is 1. The quantitative estimate of drug-likeness (QED) is 0.870. The molecule has 1 N–H and O–H groups in total. The topological polar surface area (TPSA) is 72.5 Å². The molecule has 1 fully saturated rings. The van der Waals surface area contributed by atoms with Gasteiger partial charge in [0.15, 0.2) is 0 Å². The molecule has 22 heavy (non-hydrogen) atoms. The molecule has 2 rings (SSSR count). The zero-order valence-corrected chi connectivity index (χ0v) is 14.3. The van der Waals surface area contributed by atoms with E-state index in [-0.39, 0.29) is 11.5 Å². The molecule has 1 aliphatic carbocycles. The lowest BCUT2D eigenvalue weighted by atomic mass is 10.0. The van der Waals surface area contributed by atoms with Crippen LogP contribution in [0.15, 0.2) is 11.0 Å². The summed E-state index contributed by atoms with van der Waals surface area (Å²) in [7, 11) is -3.88. The van der Waals surface area contributed by atoms with Crippen molar-refractivity contribution in [2.24, 2.45) is 5.92 Å². The zero-order chi connectivity index (χ0) is 16.5. The summed E-state index contributed by atoms with van der Waals surface area (Å²) in [5.74, 6) is -0.0908. The average Bonchev–Trinajstić information content (AvgIpc) is 3.20. The van der Waals surface area contributed by atoms with Crippen molar-refractivity contribution in [3.05, 3.63) is 28.3 Å². The molecule has 5 nitrogen and oxygen atoms in total. The third-order valence-electron chi connectivity index (χ3n) is 4.10. The van der Waals surface area contributed by atoms with Gasteiger partial charge in [-0.2, -0.15) is 0 Å². The van der Waals surface area contributed by atoms with Gasteiger partial charge in [-0.25, -0.2) is 13.1 Å². The number of benzene rings is 1. The number of hydrogen-bond donors (Lipinski definition) is 1. The second kappa shape index (κ2) is 6.38. The monoisotopic (exact) mass is 325 g/mol. The third-order valence-corrected chi connectivity index (χ3v) is 5.74. The Morgan fingerprint density at radius 2 is 1.73 bits per heavy atom. The summed E-state index contributed by atoms with van der Waals surface area (Å²) >= 11 is 0. The van der Waals surface area contributed by atoms with Gasteiger partial charge in [-0.05, 0) is 68.7 Å². The number of hydrogen-bond acceptors (Lipinski definition) is 4. The van der Waals surface area contributed by atoms with Crippen molar-refractivity contribution in [2.45, 2.75) is 45.4 Å². The highest BCUT2D eigenvalue weighted by Gasteiger charge is 2.25. The Hall–Kier alpha value is -1.40. The highest BCUT2D eigenvalue weighted by molar-refractivity contribution is 7.90. The largest absolute Gasteiger partial charge is 0.371 e. The van der Waals surface area contributed by atoms with Crippen LogP contribution < -0.4 is 4.72 Å². The summed E-state index contributed by atoms with van der Waals surface area (Å²) in [6.07, 6.45) is 2.25. The van der Waals surface area contributed by atoms with Crippen molar-refractivity contribution < 1.29 is 17.9 Å². The van der Waals surface area contributed by atoms with Gasteiger partial charge in [-0.3, -0.25) is 4.79 Å². The van der Waals surface area contributed by atoms with E-state index in [2.05, 4.69) is 4.72 Å². The maximum absolute atomic E-state index is 12.5. The Labute approximate surface area is 132 Å². The van der Waals surface area contributed by atoms with Crippen LogP contribution in [-0.4, -0.2) is 27.5 Å². The van der Waals surface area contributed by atoms with Crippen molar-refractivity contribution in [3.8, 4) is 0 Å². The van der Waals surface area contributed by atoms with Gasteiger partial charge in [-0.1, -0.05) is 6.07 Å². The molecule has 0 atom stereocenters. The Kier molecular flexibility index (Phi) is 4.92. The highest BCUT2D eigenvalue weighted by Crippen LogP contribution is 2.28. The van der Waals surface area contributed by atoms with Gasteiger partial charge in [0, 0.05) is 0 Å². The molecule has 1 saturated carbocycles. The van der Waals surface area contributed by atoms with Crippen LogP contribution in [-0.2, 0) is 19.6 Å². The standard InChI is InChI=1S/C16H23NO4S/c1-10-7-11(2)13(4)16(12(10)3)22(19,20)17-15(18)9-21-8-14-5-6-14/h7,14H,5-6,8-9H2,1-4H3,(H,17,18). The van der Waals surface area contributed by atoms with Crippen LogP contribution >= 0.6 is 0 Å². The van der Waals surface area contributed by atoms with E-state index in [1.165, 1.54) is 0 Å². The Balaban J connectivity index is 2.14. The first-order chi connectivity index (χ1) is 10.2. The smallest absolute Gasteiger partial charge is 0.264 e. The van der Waals surface area contributed by atoms with Crippen LogP contribution in [0.25, 0.3) is 0 Å². The zero-order valence-electron chi connectivity index (χ0n) is 13.5. The molecule has 0 aliphatic heterocycles. The predicted octanol–water partition coefficient (Wildman–Crippen LogP) is 2.15. The van der Waals surface area contributed by atoms with Crippen molar-refractivity contribution in [2.75, 3.05) is 13.2 Å². The number of amides is 1. The minimum absolute atomic E-state index is 0.195. The Morgan fingerprint density at radius 3 is 2.23 bits per heavy atom. The summed E-state index contributed by atoms with van der Waals surface area (Å²) in [6, 6.07) is 1.95. The van der Waals surface area contributed by atoms with Gasteiger partial charge in [0.1, 0.15) is 6.61 Å². The fraction of sp³-hybridized carbons (Fsp3) is 0.562. The molecule has 0 spiro atoms. The highest BCUT2D eigenvalue weighted by atomic mass is 32.2.